The number of hydrogen-bond donors (Lipinski definition) is 1. The second-order valence-corrected chi connectivity index (χ2v) is 5.67. The molecule has 2 aromatic rings. The number of anilines is 1. The minimum Gasteiger partial charge on any atom is -0.465 e. The van der Waals surface area contributed by atoms with Crippen LogP contribution in [-0.2, 0) is 20.8 Å². The Morgan fingerprint density at radius 1 is 1.04 bits per heavy atom. The lowest BCUT2D eigenvalue weighted by Crippen LogP contribution is -2.11. The first-order valence-corrected chi connectivity index (χ1v) is 8.32. The van der Waals surface area contributed by atoms with Crippen LogP contribution in [0.15, 0.2) is 42.5 Å². The van der Waals surface area contributed by atoms with Crippen molar-refractivity contribution < 1.29 is 28.7 Å². The van der Waals surface area contributed by atoms with E-state index < -0.39 is 16.9 Å². The summed E-state index contributed by atoms with van der Waals surface area (Å²) in [7, 11) is 2.81. The number of benzene rings is 2. The molecular weight excluding hydrogens is 368 g/mol. The zero-order valence-corrected chi connectivity index (χ0v) is 15.5. The lowest BCUT2D eigenvalue weighted by molar-refractivity contribution is -0.384. The maximum atomic E-state index is 12.2. The van der Waals surface area contributed by atoms with E-state index in [0.717, 1.165) is 6.07 Å². The van der Waals surface area contributed by atoms with Gasteiger partial charge in [-0.15, -0.1) is 0 Å². The van der Waals surface area contributed by atoms with E-state index in [0.29, 0.717) is 24.3 Å². The number of nitro groups is 1. The minimum absolute atomic E-state index is 0.0398. The topological polar surface area (TPSA) is 117 Å². The molecule has 9 heteroatoms. The van der Waals surface area contributed by atoms with Gasteiger partial charge in [-0.2, -0.15) is 0 Å². The van der Waals surface area contributed by atoms with Crippen LogP contribution < -0.4 is 5.32 Å². The van der Waals surface area contributed by atoms with Gasteiger partial charge in [0.2, 0.25) is 0 Å². The fourth-order valence-electron chi connectivity index (χ4n) is 2.33. The maximum absolute atomic E-state index is 12.2. The van der Waals surface area contributed by atoms with E-state index in [1.54, 1.807) is 24.3 Å². The Morgan fingerprint density at radius 3 is 2.32 bits per heavy atom. The normalized spacial score (nSPS) is 10.2. The van der Waals surface area contributed by atoms with E-state index >= 15 is 0 Å². The zero-order chi connectivity index (χ0) is 20.5. The van der Waals surface area contributed by atoms with Gasteiger partial charge in [-0.3, -0.25) is 10.1 Å². The van der Waals surface area contributed by atoms with E-state index in [9.17, 15) is 19.7 Å². The number of methoxy groups -OCH3 is 2. The van der Waals surface area contributed by atoms with Crippen molar-refractivity contribution in [3.8, 4) is 0 Å². The van der Waals surface area contributed by atoms with Gasteiger partial charge in [-0.1, -0.05) is 12.1 Å². The van der Waals surface area contributed by atoms with Crippen molar-refractivity contribution in [1.82, 2.24) is 0 Å². The van der Waals surface area contributed by atoms with Crippen LogP contribution in [0.2, 0.25) is 0 Å². The summed E-state index contributed by atoms with van der Waals surface area (Å²) in [6.45, 7) is 0.736. The number of carbonyl (C=O) groups is 2. The number of rotatable bonds is 9. The number of ether oxygens (including phenoxy) is 3. The molecule has 2 aromatic carbocycles. The highest BCUT2D eigenvalue weighted by atomic mass is 16.6. The van der Waals surface area contributed by atoms with Crippen LogP contribution in [0.5, 0.6) is 0 Å². The van der Waals surface area contributed by atoms with Crippen molar-refractivity contribution in [3.63, 3.8) is 0 Å². The molecule has 0 saturated heterocycles. The largest absolute Gasteiger partial charge is 0.465 e. The molecule has 1 N–H and O–H groups in total. The third-order valence-electron chi connectivity index (χ3n) is 3.80. The van der Waals surface area contributed by atoms with E-state index in [2.05, 4.69) is 10.1 Å². The Bertz CT molecular complexity index is 850. The van der Waals surface area contributed by atoms with Crippen LogP contribution >= 0.6 is 0 Å². The smallest absolute Gasteiger partial charge is 0.338 e. The predicted octanol–water partition coefficient (Wildman–Crippen LogP) is 2.80. The van der Waals surface area contributed by atoms with E-state index in [1.165, 1.54) is 26.4 Å². The van der Waals surface area contributed by atoms with Crippen LogP contribution in [0.1, 0.15) is 26.3 Å². The first kappa shape index (κ1) is 20.8. The Hall–Kier alpha value is -3.46. The number of nitro benzene ring substituents is 1. The summed E-state index contributed by atoms with van der Waals surface area (Å²) in [6.07, 6.45) is 0. The molecule has 0 bridgehead atoms. The third-order valence-corrected chi connectivity index (χ3v) is 3.80. The maximum Gasteiger partial charge on any atom is 0.338 e. The Kier molecular flexibility index (Phi) is 7.46. The van der Waals surface area contributed by atoms with Gasteiger partial charge in [-0.05, 0) is 29.8 Å². The van der Waals surface area contributed by atoms with Crippen LogP contribution in [0.3, 0.4) is 0 Å². The predicted molar refractivity (Wildman–Crippen MR) is 100 cm³/mol. The molecule has 2 rings (SSSR count). The summed E-state index contributed by atoms with van der Waals surface area (Å²) >= 11 is 0. The van der Waals surface area contributed by atoms with E-state index in [1.807, 2.05) is 0 Å². The summed E-state index contributed by atoms with van der Waals surface area (Å²) in [6, 6.07) is 10.4. The van der Waals surface area contributed by atoms with Crippen molar-refractivity contribution >= 4 is 23.3 Å². The highest BCUT2D eigenvalue weighted by Crippen LogP contribution is 2.26. The first-order valence-electron chi connectivity index (χ1n) is 8.32. The SMILES string of the molecule is COCCNc1ccc(C(=O)OCc2ccc(C(=O)OC)cc2)cc1[N+](=O)[O-]. The fraction of sp³-hybridized carbons (Fsp3) is 0.263. The van der Waals surface area contributed by atoms with E-state index in [4.69, 9.17) is 9.47 Å². The standard InChI is InChI=1S/C19H20N2O7/c1-26-10-9-20-16-8-7-15(11-17(16)21(24)25)19(23)28-12-13-3-5-14(6-4-13)18(22)27-2/h3-8,11,20H,9-10,12H2,1-2H3. The van der Waals surface area contributed by atoms with E-state index in [-0.39, 0.29) is 23.5 Å². The highest BCUT2D eigenvalue weighted by molar-refractivity contribution is 5.91. The lowest BCUT2D eigenvalue weighted by atomic mass is 10.1. The minimum atomic E-state index is -0.691. The summed E-state index contributed by atoms with van der Waals surface area (Å²) in [5.74, 6) is -1.15. The second-order valence-electron chi connectivity index (χ2n) is 5.67. The van der Waals surface area contributed by atoms with Gasteiger partial charge in [0.25, 0.3) is 5.69 Å². The molecule has 0 aromatic heterocycles. The molecular formula is C19H20N2O7. The Labute approximate surface area is 161 Å². The van der Waals surface area contributed by atoms with Crippen LogP contribution in [-0.4, -0.2) is 44.2 Å². The Morgan fingerprint density at radius 2 is 1.71 bits per heavy atom. The molecule has 0 radical (unpaired) electrons. The first-order chi connectivity index (χ1) is 13.5. The third kappa shape index (κ3) is 5.52. The highest BCUT2D eigenvalue weighted by Gasteiger charge is 2.18. The number of carbonyl (C=O) groups excluding carboxylic acids is 2. The molecule has 9 nitrogen and oxygen atoms in total. The van der Waals surface area contributed by atoms with Gasteiger partial charge in [0.15, 0.2) is 0 Å². The van der Waals surface area contributed by atoms with Crippen LogP contribution in [0.4, 0.5) is 11.4 Å². The van der Waals surface area contributed by atoms with Crippen LogP contribution in [0, 0.1) is 10.1 Å². The lowest BCUT2D eigenvalue weighted by Gasteiger charge is -2.09. The molecule has 0 atom stereocenters. The molecule has 0 unspecified atom stereocenters. The van der Waals surface area contributed by atoms with Crippen molar-refractivity contribution in [2.45, 2.75) is 6.61 Å². The van der Waals surface area contributed by atoms with Crippen molar-refractivity contribution in [1.29, 1.82) is 0 Å². The molecule has 0 aliphatic heterocycles. The molecule has 148 valence electrons. The van der Waals surface area contributed by atoms with Crippen LogP contribution in [0.25, 0.3) is 0 Å². The molecule has 0 fully saturated rings. The number of nitrogens with zero attached hydrogens (tertiary/aromatic N) is 1. The quantitative estimate of drug-likeness (QED) is 0.302. The van der Waals surface area contributed by atoms with Crippen molar-refractivity contribution in [2.75, 3.05) is 32.7 Å². The van der Waals surface area contributed by atoms with Gasteiger partial charge in [0.05, 0.1) is 29.8 Å². The van der Waals surface area contributed by atoms with Gasteiger partial charge >= 0.3 is 11.9 Å². The molecule has 0 amide bonds. The number of hydrogen-bond acceptors (Lipinski definition) is 8. The molecule has 0 spiro atoms. The summed E-state index contributed by atoms with van der Waals surface area (Å²) < 4.78 is 14.7. The molecule has 28 heavy (non-hydrogen) atoms. The number of esters is 2. The summed E-state index contributed by atoms with van der Waals surface area (Å²) in [4.78, 5) is 34.3. The van der Waals surface area contributed by atoms with Crippen molar-refractivity contribution in [2.24, 2.45) is 0 Å². The average Bonchev–Trinajstić information content (AvgIpc) is 2.72. The summed E-state index contributed by atoms with van der Waals surface area (Å²) in [5, 5.41) is 14.1. The van der Waals surface area contributed by atoms with Gasteiger partial charge < -0.3 is 19.5 Å². The van der Waals surface area contributed by atoms with Crippen molar-refractivity contribution in [3.05, 3.63) is 69.3 Å². The number of nitrogens with one attached hydrogen (secondary N) is 1. The second kappa shape index (κ2) is 10.0. The average molecular weight is 388 g/mol. The Balaban J connectivity index is 2.04. The van der Waals surface area contributed by atoms with Gasteiger partial charge in [0.1, 0.15) is 12.3 Å². The molecule has 0 saturated carbocycles. The van der Waals surface area contributed by atoms with Gasteiger partial charge in [-0.25, -0.2) is 9.59 Å². The zero-order valence-electron chi connectivity index (χ0n) is 15.5. The molecule has 0 aliphatic carbocycles. The summed E-state index contributed by atoms with van der Waals surface area (Å²) in [5.41, 5.74) is 1.17. The fourth-order valence-corrected chi connectivity index (χ4v) is 2.33. The monoisotopic (exact) mass is 388 g/mol. The van der Waals surface area contributed by atoms with Gasteiger partial charge in [0, 0.05) is 19.7 Å². The molecule has 0 aliphatic rings. The molecule has 0 heterocycles.